The number of ketones is 1. The van der Waals surface area contributed by atoms with Gasteiger partial charge in [0.05, 0.1) is 14.2 Å². The van der Waals surface area contributed by atoms with Crippen molar-refractivity contribution in [1.29, 1.82) is 0 Å². The summed E-state index contributed by atoms with van der Waals surface area (Å²) >= 11 is 0. The molecule has 4 rings (SSSR count). The van der Waals surface area contributed by atoms with Gasteiger partial charge in [0.2, 0.25) is 0 Å². The van der Waals surface area contributed by atoms with Crippen molar-refractivity contribution in [3.63, 3.8) is 0 Å². The first-order chi connectivity index (χ1) is 12.7. The summed E-state index contributed by atoms with van der Waals surface area (Å²) in [5, 5.41) is 0. The van der Waals surface area contributed by atoms with Gasteiger partial charge in [-0.05, 0) is 41.7 Å². The lowest BCUT2D eigenvalue weighted by atomic mass is 9.64. The highest BCUT2D eigenvalue weighted by Crippen LogP contribution is 2.48. The lowest BCUT2D eigenvalue weighted by Crippen LogP contribution is -2.36. The summed E-state index contributed by atoms with van der Waals surface area (Å²) in [6, 6.07) is 16.3. The minimum Gasteiger partial charge on any atom is -0.493 e. The predicted molar refractivity (Wildman–Crippen MR) is 103 cm³/mol. The van der Waals surface area contributed by atoms with E-state index in [-0.39, 0.29) is 17.8 Å². The standard InChI is InChI=1S/C23H24O3/c1-25-21-12-11-16(13-22(21)26-2)20-14-19(15-7-4-3-5-8-15)17-9-6-10-18(20)23(17)24/h3-5,7-8,11-14,17-18,20H,6,9-10H2,1-2H3. The summed E-state index contributed by atoms with van der Waals surface area (Å²) in [5.74, 6) is 2.04. The number of Topliss-reactive ketones (excluding diaryl/α,β-unsaturated/α-hetero) is 1. The van der Waals surface area contributed by atoms with Crippen LogP contribution in [0, 0.1) is 11.8 Å². The summed E-state index contributed by atoms with van der Waals surface area (Å²) in [7, 11) is 3.29. The van der Waals surface area contributed by atoms with Crippen molar-refractivity contribution in [2.75, 3.05) is 14.2 Å². The Balaban J connectivity index is 1.81. The van der Waals surface area contributed by atoms with E-state index in [0.29, 0.717) is 17.3 Å². The summed E-state index contributed by atoms with van der Waals surface area (Å²) in [6.45, 7) is 0. The molecule has 3 heteroatoms. The third-order valence-corrected chi connectivity index (χ3v) is 5.78. The molecule has 3 unspecified atom stereocenters. The van der Waals surface area contributed by atoms with E-state index in [1.165, 1.54) is 5.57 Å². The van der Waals surface area contributed by atoms with Gasteiger partial charge >= 0.3 is 0 Å². The maximum atomic E-state index is 13.2. The molecule has 134 valence electrons. The van der Waals surface area contributed by atoms with Gasteiger partial charge in [-0.3, -0.25) is 4.79 Å². The molecule has 0 N–H and O–H groups in total. The number of ether oxygens (including phenoxy) is 2. The van der Waals surface area contributed by atoms with E-state index in [4.69, 9.17) is 9.47 Å². The Hall–Kier alpha value is -2.55. The normalized spacial score (nSPS) is 24.8. The topological polar surface area (TPSA) is 35.5 Å². The molecule has 1 fully saturated rings. The maximum Gasteiger partial charge on any atom is 0.161 e. The van der Waals surface area contributed by atoms with Crippen molar-refractivity contribution in [2.45, 2.75) is 25.2 Å². The van der Waals surface area contributed by atoms with Crippen LogP contribution in [0.1, 0.15) is 36.3 Å². The molecule has 0 saturated heterocycles. The van der Waals surface area contributed by atoms with Crippen LogP contribution < -0.4 is 9.47 Å². The summed E-state index contributed by atoms with van der Waals surface area (Å²) in [5.41, 5.74) is 3.47. The number of benzene rings is 2. The molecule has 0 radical (unpaired) electrons. The molecule has 2 aromatic rings. The van der Waals surface area contributed by atoms with Crippen LogP contribution in [0.2, 0.25) is 0 Å². The fourth-order valence-electron chi connectivity index (χ4n) is 4.49. The molecule has 1 saturated carbocycles. The minimum absolute atomic E-state index is 0.0487. The van der Waals surface area contributed by atoms with Crippen molar-refractivity contribution in [2.24, 2.45) is 11.8 Å². The van der Waals surface area contributed by atoms with Crippen molar-refractivity contribution in [1.82, 2.24) is 0 Å². The molecule has 0 aromatic heterocycles. The van der Waals surface area contributed by atoms with E-state index in [9.17, 15) is 4.79 Å². The fourth-order valence-corrected chi connectivity index (χ4v) is 4.49. The molecule has 2 aromatic carbocycles. The van der Waals surface area contributed by atoms with Gasteiger partial charge in [-0.1, -0.05) is 48.9 Å². The molecule has 0 aliphatic heterocycles. The molecular weight excluding hydrogens is 324 g/mol. The third-order valence-electron chi connectivity index (χ3n) is 5.78. The highest BCUT2D eigenvalue weighted by molar-refractivity contribution is 5.98. The van der Waals surface area contributed by atoms with E-state index in [1.54, 1.807) is 14.2 Å². The molecule has 3 nitrogen and oxygen atoms in total. The van der Waals surface area contributed by atoms with Crippen LogP contribution in [0.15, 0.2) is 54.6 Å². The van der Waals surface area contributed by atoms with E-state index >= 15 is 0 Å². The monoisotopic (exact) mass is 348 g/mol. The zero-order valence-corrected chi connectivity index (χ0v) is 15.3. The van der Waals surface area contributed by atoms with E-state index in [0.717, 1.165) is 30.4 Å². The van der Waals surface area contributed by atoms with Gasteiger partial charge in [-0.2, -0.15) is 0 Å². The predicted octanol–water partition coefficient (Wildman–Crippen LogP) is 4.87. The number of methoxy groups -OCH3 is 2. The minimum atomic E-state index is 0.0487. The first kappa shape index (κ1) is 16.9. The van der Waals surface area contributed by atoms with Gasteiger partial charge in [0.15, 0.2) is 11.5 Å². The second-order valence-electron chi connectivity index (χ2n) is 7.12. The smallest absolute Gasteiger partial charge is 0.161 e. The van der Waals surface area contributed by atoms with E-state index in [1.807, 2.05) is 30.3 Å². The molecule has 0 amide bonds. The van der Waals surface area contributed by atoms with Crippen LogP contribution in [-0.4, -0.2) is 20.0 Å². The summed E-state index contributed by atoms with van der Waals surface area (Å²) in [4.78, 5) is 13.2. The Kier molecular flexibility index (Phi) is 4.54. The van der Waals surface area contributed by atoms with Crippen LogP contribution in [0.5, 0.6) is 11.5 Å². The van der Waals surface area contributed by atoms with Crippen molar-refractivity contribution in [3.8, 4) is 11.5 Å². The molecule has 0 heterocycles. The largest absolute Gasteiger partial charge is 0.493 e. The third kappa shape index (κ3) is 2.82. The Labute approximate surface area is 154 Å². The Morgan fingerprint density at radius 3 is 2.42 bits per heavy atom. The van der Waals surface area contributed by atoms with Crippen LogP contribution in [0.4, 0.5) is 0 Å². The lowest BCUT2D eigenvalue weighted by Gasteiger charge is -2.39. The van der Waals surface area contributed by atoms with Gasteiger partial charge in [0, 0.05) is 17.8 Å². The second-order valence-corrected chi connectivity index (χ2v) is 7.12. The lowest BCUT2D eigenvalue weighted by molar-refractivity contribution is -0.128. The molecule has 26 heavy (non-hydrogen) atoms. The average molecular weight is 348 g/mol. The molecule has 2 bridgehead atoms. The number of hydrogen-bond donors (Lipinski definition) is 0. The summed E-state index contributed by atoms with van der Waals surface area (Å²) < 4.78 is 10.8. The molecule has 3 atom stereocenters. The van der Waals surface area contributed by atoms with Gasteiger partial charge in [0.25, 0.3) is 0 Å². The summed E-state index contributed by atoms with van der Waals surface area (Å²) in [6.07, 6.45) is 5.36. The quantitative estimate of drug-likeness (QED) is 0.791. The van der Waals surface area contributed by atoms with Crippen LogP contribution in [-0.2, 0) is 4.79 Å². The second kappa shape index (κ2) is 6.99. The van der Waals surface area contributed by atoms with Gasteiger partial charge < -0.3 is 9.47 Å². The number of carbonyl (C=O) groups excluding carboxylic acids is 1. The van der Waals surface area contributed by atoms with Crippen LogP contribution >= 0.6 is 0 Å². The van der Waals surface area contributed by atoms with E-state index < -0.39 is 0 Å². The van der Waals surface area contributed by atoms with Gasteiger partial charge in [-0.15, -0.1) is 0 Å². The van der Waals surface area contributed by atoms with E-state index in [2.05, 4.69) is 24.3 Å². The van der Waals surface area contributed by atoms with Crippen LogP contribution in [0.3, 0.4) is 0 Å². The molecule has 2 aliphatic rings. The highest BCUT2D eigenvalue weighted by Gasteiger charge is 2.42. The molecule has 2 aliphatic carbocycles. The number of rotatable bonds is 4. The van der Waals surface area contributed by atoms with Crippen molar-refractivity contribution < 1.29 is 14.3 Å². The number of allylic oxidation sites excluding steroid dienone is 2. The maximum absolute atomic E-state index is 13.2. The Bertz CT molecular complexity index is 838. The molecular formula is C23H24O3. The Morgan fingerprint density at radius 2 is 1.69 bits per heavy atom. The average Bonchev–Trinajstić information content (AvgIpc) is 2.68. The fraction of sp³-hybridized carbons (Fsp3) is 0.348. The van der Waals surface area contributed by atoms with Gasteiger partial charge in [0.1, 0.15) is 5.78 Å². The number of hydrogen-bond acceptors (Lipinski definition) is 3. The zero-order valence-electron chi connectivity index (χ0n) is 15.3. The number of carbonyl (C=O) groups is 1. The van der Waals surface area contributed by atoms with Crippen molar-refractivity contribution >= 4 is 11.4 Å². The van der Waals surface area contributed by atoms with Crippen LogP contribution in [0.25, 0.3) is 5.57 Å². The molecule has 0 spiro atoms. The SMILES string of the molecule is COc1ccc(C2C=C(c3ccccc3)C3CCCC2C3=O)cc1OC. The van der Waals surface area contributed by atoms with Gasteiger partial charge in [-0.25, -0.2) is 0 Å². The first-order valence-electron chi connectivity index (χ1n) is 9.25. The Morgan fingerprint density at radius 1 is 0.923 bits per heavy atom. The van der Waals surface area contributed by atoms with Crippen molar-refractivity contribution in [3.05, 3.63) is 65.7 Å². The highest BCUT2D eigenvalue weighted by atomic mass is 16.5. The first-order valence-corrected chi connectivity index (χ1v) is 9.25. The number of fused-ring (bicyclic) bond motifs is 2. The zero-order chi connectivity index (χ0) is 18.1.